The summed E-state index contributed by atoms with van der Waals surface area (Å²) in [6, 6.07) is 16.0. The van der Waals surface area contributed by atoms with Crippen LogP contribution in [0.4, 0.5) is 10.7 Å². The number of amides is 2. The molecule has 0 saturated carbocycles. The second-order valence-electron chi connectivity index (χ2n) is 8.69. The van der Waals surface area contributed by atoms with E-state index in [4.69, 9.17) is 9.84 Å². The summed E-state index contributed by atoms with van der Waals surface area (Å²) in [6.07, 6.45) is -0.583. The van der Waals surface area contributed by atoms with Gasteiger partial charge >= 0.3 is 12.1 Å². The average Bonchev–Trinajstić information content (AvgIpc) is 3.39. The van der Waals surface area contributed by atoms with Crippen LogP contribution in [0.1, 0.15) is 54.4 Å². The Hall–Kier alpha value is -4.21. The summed E-state index contributed by atoms with van der Waals surface area (Å²) in [6.45, 7) is 3.55. The van der Waals surface area contributed by atoms with Crippen molar-refractivity contribution in [3.05, 3.63) is 65.5 Å². The van der Waals surface area contributed by atoms with Gasteiger partial charge in [0, 0.05) is 17.9 Å². The number of aliphatic carboxylic acids is 1. The number of H-pyrrole nitrogens is 1. The molecular weight excluding hydrogens is 438 g/mol. The number of aromatic nitrogens is 3. The topological polar surface area (TPSA) is 146 Å². The third-order valence-electron chi connectivity index (χ3n) is 5.67. The van der Waals surface area contributed by atoms with Crippen LogP contribution < -0.4 is 10.6 Å². The lowest BCUT2D eigenvalue weighted by Gasteiger charge is -2.24. The lowest BCUT2D eigenvalue weighted by molar-refractivity contribution is -0.137. The first-order valence-corrected chi connectivity index (χ1v) is 10.8. The van der Waals surface area contributed by atoms with Crippen molar-refractivity contribution >= 4 is 23.9 Å². The minimum absolute atomic E-state index is 0.0836. The van der Waals surface area contributed by atoms with E-state index in [2.05, 4.69) is 37.9 Å². The van der Waals surface area contributed by atoms with Gasteiger partial charge in [0.2, 0.25) is 5.82 Å². The molecule has 0 atom stereocenters. The minimum Gasteiger partial charge on any atom is -0.481 e. The lowest BCUT2D eigenvalue weighted by atomic mass is 9.98. The Morgan fingerprint density at radius 2 is 1.68 bits per heavy atom. The maximum absolute atomic E-state index is 12.4. The standard InChI is InChI=1S/C24H25N5O5/c1-24(2,12-11-19(30)31)27-21(32)20-25-22(29-28-20)26-23(33)34-13-18-16-9-5-3-7-14(16)15-8-4-6-10-17(15)18/h3-10,18H,11-13H2,1-2H3,(H,27,32)(H,30,31)(H2,25,26,28,29,33). The zero-order valence-electron chi connectivity index (χ0n) is 18.8. The van der Waals surface area contributed by atoms with Crippen LogP contribution in [0.5, 0.6) is 0 Å². The molecule has 10 nitrogen and oxygen atoms in total. The molecule has 176 valence electrons. The van der Waals surface area contributed by atoms with Gasteiger partial charge in [-0.2, -0.15) is 4.98 Å². The molecule has 1 aliphatic rings. The van der Waals surface area contributed by atoms with Crippen LogP contribution >= 0.6 is 0 Å². The van der Waals surface area contributed by atoms with Crippen LogP contribution in [-0.4, -0.2) is 50.4 Å². The zero-order chi connectivity index (χ0) is 24.3. The molecule has 4 N–H and O–H groups in total. The normalized spacial score (nSPS) is 12.5. The highest BCUT2D eigenvalue weighted by molar-refractivity contribution is 5.92. The Balaban J connectivity index is 1.34. The Labute approximate surface area is 195 Å². The number of carbonyl (C=O) groups excluding carboxylic acids is 2. The Kier molecular flexibility index (Phi) is 6.31. The van der Waals surface area contributed by atoms with Gasteiger partial charge in [-0.05, 0) is 42.5 Å². The van der Waals surface area contributed by atoms with Gasteiger partial charge in [-0.25, -0.2) is 4.79 Å². The van der Waals surface area contributed by atoms with E-state index in [1.54, 1.807) is 13.8 Å². The number of carboxylic acids is 1. The van der Waals surface area contributed by atoms with E-state index < -0.39 is 23.5 Å². The summed E-state index contributed by atoms with van der Waals surface area (Å²) in [5, 5.41) is 20.2. The molecule has 4 rings (SSSR count). The molecule has 1 aromatic heterocycles. The molecule has 10 heteroatoms. The van der Waals surface area contributed by atoms with Gasteiger partial charge in [-0.1, -0.05) is 48.5 Å². The second-order valence-corrected chi connectivity index (χ2v) is 8.69. The summed E-state index contributed by atoms with van der Waals surface area (Å²) < 4.78 is 5.45. The van der Waals surface area contributed by atoms with Gasteiger partial charge in [0.25, 0.3) is 11.9 Å². The maximum atomic E-state index is 12.4. The van der Waals surface area contributed by atoms with E-state index in [0.717, 1.165) is 22.3 Å². The number of carbonyl (C=O) groups is 3. The van der Waals surface area contributed by atoms with Gasteiger partial charge < -0.3 is 15.2 Å². The predicted octanol–water partition coefficient (Wildman–Crippen LogP) is 3.54. The number of carboxylic acid groups (broad SMARTS) is 1. The number of fused-ring (bicyclic) bond motifs is 3. The first-order chi connectivity index (χ1) is 16.2. The van der Waals surface area contributed by atoms with Crippen LogP contribution in [0, 0.1) is 0 Å². The fraction of sp³-hybridized carbons (Fsp3) is 0.292. The van der Waals surface area contributed by atoms with Crippen molar-refractivity contribution < 1.29 is 24.2 Å². The van der Waals surface area contributed by atoms with E-state index in [1.165, 1.54) is 0 Å². The van der Waals surface area contributed by atoms with Crippen LogP contribution in [0.25, 0.3) is 11.1 Å². The molecule has 0 radical (unpaired) electrons. The molecule has 3 aromatic rings. The number of hydrogen-bond donors (Lipinski definition) is 4. The SMILES string of the molecule is CC(C)(CCC(=O)O)NC(=O)c1nc(NC(=O)OCC2c3ccccc3-c3ccccc32)n[nH]1. The van der Waals surface area contributed by atoms with Crippen molar-refractivity contribution in [3.63, 3.8) is 0 Å². The molecule has 1 heterocycles. The van der Waals surface area contributed by atoms with Gasteiger partial charge in [-0.3, -0.25) is 20.0 Å². The van der Waals surface area contributed by atoms with Crippen LogP contribution in [0.2, 0.25) is 0 Å². The van der Waals surface area contributed by atoms with Crippen molar-refractivity contribution in [1.29, 1.82) is 0 Å². The fourth-order valence-electron chi connectivity index (χ4n) is 3.99. The van der Waals surface area contributed by atoms with Gasteiger partial charge in [0.15, 0.2) is 0 Å². The highest BCUT2D eigenvalue weighted by Crippen LogP contribution is 2.44. The second kappa shape index (κ2) is 9.34. The smallest absolute Gasteiger partial charge is 0.414 e. The van der Waals surface area contributed by atoms with E-state index in [1.807, 2.05) is 36.4 Å². The third-order valence-corrected chi connectivity index (χ3v) is 5.67. The molecule has 1 aliphatic carbocycles. The van der Waals surface area contributed by atoms with Gasteiger partial charge in [0.05, 0.1) is 0 Å². The molecule has 2 amide bonds. The monoisotopic (exact) mass is 463 g/mol. The van der Waals surface area contributed by atoms with Crippen LogP contribution in [0.3, 0.4) is 0 Å². The zero-order valence-corrected chi connectivity index (χ0v) is 18.8. The van der Waals surface area contributed by atoms with Crippen molar-refractivity contribution in [2.75, 3.05) is 11.9 Å². The molecular formula is C24H25N5O5. The first-order valence-electron chi connectivity index (χ1n) is 10.8. The predicted molar refractivity (Wildman–Crippen MR) is 123 cm³/mol. The van der Waals surface area contributed by atoms with Crippen molar-refractivity contribution in [2.24, 2.45) is 0 Å². The molecule has 0 unspecified atom stereocenters. The number of benzene rings is 2. The summed E-state index contributed by atoms with van der Waals surface area (Å²) in [5.41, 5.74) is 3.69. The number of anilines is 1. The number of hydrogen-bond acceptors (Lipinski definition) is 6. The molecule has 0 aliphatic heterocycles. The largest absolute Gasteiger partial charge is 0.481 e. The highest BCUT2D eigenvalue weighted by atomic mass is 16.5. The Bertz CT molecular complexity index is 1190. The summed E-state index contributed by atoms with van der Waals surface area (Å²) in [5.74, 6) is -1.82. The Morgan fingerprint density at radius 1 is 1.06 bits per heavy atom. The summed E-state index contributed by atoms with van der Waals surface area (Å²) >= 11 is 0. The number of rotatable bonds is 8. The number of ether oxygens (including phenoxy) is 1. The van der Waals surface area contributed by atoms with E-state index in [9.17, 15) is 14.4 Å². The molecule has 34 heavy (non-hydrogen) atoms. The summed E-state index contributed by atoms with van der Waals surface area (Å²) in [7, 11) is 0. The Morgan fingerprint density at radius 3 is 2.29 bits per heavy atom. The molecule has 2 aromatic carbocycles. The maximum Gasteiger partial charge on any atom is 0.414 e. The van der Waals surface area contributed by atoms with E-state index in [-0.39, 0.29) is 37.1 Å². The van der Waals surface area contributed by atoms with Crippen molar-refractivity contribution in [2.45, 2.75) is 38.1 Å². The number of aromatic amines is 1. The highest BCUT2D eigenvalue weighted by Gasteiger charge is 2.29. The van der Waals surface area contributed by atoms with Gasteiger partial charge in [-0.15, -0.1) is 5.10 Å². The fourth-order valence-corrected chi connectivity index (χ4v) is 3.99. The lowest BCUT2D eigenvalue weighted by Crippen LogP contribution is -2.44. The molecule has 0 fully saturated rings. The summed E-state index contributed by atoms with van der Waals surface area (Å²) in [4.78, 5) is 39.5. The number of nitrogens with one attached hydrogen (secondary N) is 3. The van der Waals surface area contributed by atoms with Crippen molar-refractivity contribution in [1.82, 2.24) is 20.5 Å². The quantitative estimate of drug-likeness (QED) is 0.399. The number of nitrogens with zero attached hydrogens (tertiary/aromatic N) is 2. The van der Waals surface area contributed by atoms with Gasteiger partial charge in [0.1, 0.15) is 6.61 Å². The first kappa shape index (κ1) is 23.0. The molecule has 0 bridgehead atoms. The van der Waals surface area contributed by atoms with Crippen LogP contribution in [-0.2, 0) is 9.53 Å². The van der Waals surface area contributed by atoms with Crippen molar-refractivity contribution in [3.8, 4) is 11.1 Å². The molecule has 0 saturated heterocycles. The third kappa shape index (κ3) is 5.06. The minimum atomic E-state index is -0.948. The van der Waals surface area contributed by atoms with E-state index in [0.29, 0.717) is 0 Å². The van der Waals surface area contributed by atoms with E-state index >= 15 is 0 Å². The average molecular weight is 463 g/mol. The molecule has 0 spiro atoms. The van der Waals surface area contributed by atoms with Crippen LogP contribution in [0.15, 0.2) is 48.5 Å².